The number of aryl methyl sites for hydroxylation is 1. The van der Waals surface area contributed by atoms with E-state index in [1.165, 1.54) is 0 Å². The summed E-state index contributed by atoms with van der Waals surface area (Å²) in [5, 5.41) is 9.94. The van der Waals surface area contributed by atoms with E-state index in [0.717, 1.165) is 31.4 Å². The van der Waals surface area contributed by atoms with E-state index in [-0.39, 0.29) is 11.7 Å². The molecular formula is C16H23NO2. The number of carbonyl (C=O) groups is 1. The number of amides is 1. The lowest BCUT2D eigenvalue weighted by atomic mass is 10.1. The Kier molecular flexibility index (Phi) is 4.13. The number of benzene rings is 1. The van der Waals surface area contributed by atoms with Gasteiger partial charge in [0.1, 0.15) is 5.75 Å². The summed E-state index contributed by atoms with van der Waals surface area (Å²) in [6, 6.07) is 5.64. The van der Waals surface area contributed by atoms with Crippen LogP contribution in [-0.2, 0) is 0 Å². The fraction of sp³-hybridized carbons (Fsp3) is 0.562. The van der Waals surface area contributed by atoms with Crippen LogP contribution in [0.15, 0.2) is 18.2 Å². The summed E-state index contributed by atoms with van der Waals surface area (Å²) in [4.78, 5) is 14.5. The third-order valence-electron chi connectivity index (χ3n) is 3.58. The van der Waals surface area contributed by atoms with E-state index in [9.17, 15) is 9.90 Å². The van der Waals surface area contributed by atoms with Gasteiger partial charge in [0.15, 0.2) is 0 Å². The predicted molar refractivity (Wildman–Crippen MR) is 76.4 cm³/mol. The van der Waals surface area contributed by atoms with E-state index in [2.05, 4.69) is 13.8 Å². The van der Waals surface area contributed by atoms with Crippen molar-refractivity contribution in [3.63, 3.8) is 0 Å². The fourth-order valence-electron chi connectivity index (χ4n) is 2.21. The topological polar surface area (TPSA) is 40.5 Å². The Morgan fingerprint density at radius 2 is 2.11 bits per heavy atom. The largest absolute Gasteiger partial charge is 0.507 e. The molecule has 1 fully saturated rings. The van der Waals surface area contributed by atoms with Gasteiger partial charge in [-0.2, -0.15) is 0 Å². The number of nitrogens with zero attached hydrogens (tertiary/aromatic N) is 1. The molecule has 0 spiro atoms. The molecule has 1 N–H and O–H groups in total. The summed E-state index contributed by atoms with van der Waals surface area (Å²) in [6.45, 7) is 7.03. The van der Waals surface area contributed by atoms with Crippen molar-refractivity contribution in [2.24, 2.45) is 5.92 Å². The summed E-state index contributed by atoms with van der Waals surface area (Å²) >= 11 is 0. The number of rotatable bonds is 5. The summed E-state index contributed by atoms with van der Waals surface area (Å²) < 4.78 is 0. The molecule has 3 heteroatoms. The average Bonchev–Trinajstić information content (AvgIpc) is 3.13. The molecule has 0 unspecified atom stereocenters. The molecule has 0 bridgehead atoms. The molecule has 1 aliphatic carbocycles. The SMILES string of the molecule is Cc1ccc(C(=O)N(CCC(C)C)C2CC2)c(O)c1. The summed E-state index contributed by atoms with van der Waals surface area (Å²) in [5.74, 6) is 0.654. The number of carbonyl (C=O) groups excluding carboxylic acids is 1. The van der Waals surface area contributed by atoms with E-state index in [4.69, 9.17) is 0 Å². The van der Waals surface area contributed by atoms with Gasteiger partial charge in [-0.05, 0) is 49.8 Å². The Labute approximate surface area is 115 Å². The first-order chi connectivity index (χ1) is 8.99. The molecule has 1 aliphatic rings. The van der Waals surface area contributed by atoms with Crippen LogP contribution in [0.25, 0.3) is 0 Å². The first-order valence-corrected chi connectivity index (χ1v) is 7.09. The molecular weight excluding hydrogens is 238 g/mol. The van der Waals surface area contributed by atoms with Crippen molar-refractivity contribution in [2.45, 2.75) is 46.1 Å². The number of hydrogen-bond donors (Lipinski definition) is 1. The zero-order valence-corrected chi connectivity index (χ0v) is 12.0. The summed E-state index contributed by atoms with van der Waals surface area (Å²) in [7, 11) is 0. The summed E-state index contributed by atoms with van der Waals surface area (Å²) in [5.41, 5.74) is 1.40. The number of aromatic hydroxyl groups is 1. The van der Waals surface area contributed by atoms with Crippen LogP contribution < -0.4 is 0 Å². The Hall–Kier alpha value is -1.51. The molecule has 104 valence electrons. The van der Waals surface area contributed by atoms with Gasteiger partial charge in [-0.3, -0.25) is 4.79 Å². The molecule has 0 aromatic heterocycles. The van der Waals surface area contributed by atoms with Gasteiger partial charge in [0, 0.05) is 12.6 Å². The standard InChI is InChI=1S/C16H23NO2/c1-11(2)8-9-17(13-5-6-13)16(19)14-7-4-12(3)10-15(14)18/h4,7,10-11,13,18H,5-6,8-9H2,1-3H3. The lowest BCUT2D eigenvalue weighted by Gasteiger charge is -2.24. The molecule has 1 saturated carbocycles. The first kappa shape index (κ1) is 13.9. The highest BCUT2D eigenvalue weighted by Crippen LogP contribution is 2.30. The summed E-state index contributed by atoms with van der Waals surface area (Å²) in [6.07, 6.45) is 3.20. The van der Waals surface area contributed by atoms with Crippen molar-refractivity contribution in [3.05, 3.63) is 29.3 Å². The van der Waals surface area contributed by atoms with Crippen LogP contribution in [0.2, 0.25) is 0 Å². The molecule has 1 aromatic carbocycles. The van der Waals surface area contributed by atoms with Gasteiger partial charge in [-0.15, -0.1) is 0 Å². The normalized spacial score (nSPS) is 14.7. The van der Waals surface area contributed by atoms with E-state index >= 15 is 0 Å². The smallest absolute Gasteiger partial charge is 0.257 e. The molecule has 3 nitrogen and oxygen atoms in total. The molecule has 1 aromatic rings. The van der Waals surface area contributed by atoms with Crippen LogP contribution in [0.5, 0.6) is 5.75 Å². The Morgan fingerprint density at radius 3 is 2.63 bits per heavy atom. The third kappa shape index (κ3) is 3.49. The lowest BCUT2D eigenvalue weighted by molar-refractivity contribution is 0.0732. The zero-order chi connectivity index (χ0) is 14.0. The quantitative estimate of drug-likeness (QED) is 0.883. The Morgan fingerprint density at radius 1 is 1.42 bits per heavy atom. The minimum atomic E-state index is -0.0272. The predicted octanol–water partition coefficient (Wildman–Crippen LogP) is 3.35. The van der Waals surface area contributed by atoms with Crippen LogP contribution in [0.3, 0.4) is 0 Å². The monoisotopic (exact) mass is 261 g/mol. The second kappa shape index (κ2) is 5.64. The van der Waals surface area contributed by atoms with Crippen molar-refractivity contribution >= 4 is 5.91 Å². The van der Waals surface area contributed by atoms with Crippen molar-refractivity contribution in [3.8, 4) is 5.75 Å². The van der Waals surface area contributed by atoms with Crippen LogP contribution in [-0.4, -0.2) is 28.5 Å². The maximum Gasteiger partial charge on any atom is 0.257 e. The van der Waals surface area contributed by atoms with Crippen molar-refractivity contribution < 1.29 is 9.90 Å². The molecule has 0 atom stereocenters. The second-order valence-electron chi connectivity index (χ2n) is 5.93. The minimum absolute atomic E-state index is 0.0272. The number of hydrogen-bond acceptors (Lipinski definition) is 2. The van der Waals surface area contributed by atoms with Crippen LogP contribution in [0, 0.1) is 12.8 Å². The van der Waals surface area contributed by atoms with Crippen LogP contribution in [0.1, 0.15) is 49.0 Å². The molecule has 0 saturated heterocycles. The van der Waals surface area contributed by atoms with Gasteiger partial charge in [0.05, 0.1) is 5.56 Å². The molecule has 0 heterocycles. The third-order valence-corrected chi connectivity index (χ3v) is 3.58. The Bertz CT molecular complexity index is 464. The second-order valence-corrected chi connectivity index (χ2v) is 5.93. The van der Waals surface area contributed by atoms with Gasteiger partial charge in [-0.25, -0.2) is 0 Å². The fourth-order valence-corrected chi connectivity index (χ4v) is 2.21. The van der Waals surface area contributed by atoms with E-state index in [0.29, 0.717) is 17.5 Å². The van der Waals surface area contributed by atoms with Gasteiger partial charge in [-0.1, -0.05) is 19.9 Å². The molecule has 0 radical (unpaired) electrons. The number of phenolic OH excluding ortho intramolecular Hbond substituents is 1. The maximum absolute atomic E-state index is 12.5. The highest BCUT2D eigenvalue weighted by molar-refractivity contribution is 5.97. The molecule has 2 rings (SSSR count). The highest BCUT2D eigenvalue weighted by atomic mass is 16.3. The minimum Gasteiger partial charge on any atom is -0.507 e. The zero-order valence-electron chi connectivity index (χ0n) is 12.0. The molecule has 1 amide bonds. The number of phenols is 1. The molecule has 19 heavy (non-hydrogen) atoms. The average molecular weight is 261 g/mol. The van der Waals surface area contributed by atoms with Crippen molar-refractivity contribution in [1.29, 1.82) is 0 Å². The van der Waals surface area contributed by atoms with Crippen LogP contribution in [0.4, 0.5) is 0 Å². The molecule has 0 aliphatic heterocycles. The Balaban J connectivity index is 2.14. The van der Waals surface area contributed by atoms with E-state index in [1.807, 2.05) is 17.9 Å². The lowest BCUT2D eigenvalue weighted by Crippen LogP contribution is -2.34. The van der Waals surface area contributed by atoms with Crippen molar-refractivity contribution in [2.75, 3.05) is 6.54 Å². The maximum atomic E-state index is 12.5. The van der Waals surface area contributed by atoms with Crippen LogP contribution >= 0.6 is 0 Å². The van der Waals surface area contributed by atoms with E-state index in [1.54, 1.807) is 12.1 Å². The van der Waals surface area contributed by atoms with Crippen molar-refractivity contribution in [1.82, 2.24) is 4.90 Å². The van der Waals surface area contributed by atoms with E-state index < -0.39 is 0 Å². The van der Waals surface area contributed by atoms with Gasteiger partial charge in [0.2, 0.25) is 0 Å². The van der Waals surface area contributed by atoms with Gasteiger partial charge >= 0.3 is 0 Å². The first-order valence-electron chi connectivity index (χ1n) is 7.09. The van der Waals surface area contributed by atoms with Gasteiger partial charge < -0.3 is 10.0 Å². The van der Waals surface area contributed by atoms with Gasteiger partial charge in [0.25, 0.3) is 5.91 Å². The highest BCUT2D eigenvalue weighted by Gasteiger charge is 2.33.